The quantitative estimate of drug-likeness (QED) is 0.714. The number of rotatable bonds is 6. The number of halogens is 2. The predicted molar refractivity (Wildman–Crippen MR) is 70.5 cm³/mol. The molecule has 3 N–H and O–H groups in total. The molecule has 0 aliphatic heterocycles. The Hall–Kier alpha value is -1.35. The van der Waals surface area contributed by atoms with Gasteiger partial charge in [-0.2, -0.15) is 4.72 Å². The van der Waals surface area contributed by atoms with E-state index in [-0.39, 0.29) is 10.0 Å². The summed E-state index contributed by atoms with van der Waals surface area (Å²) in [5.41, 5.74) is 0. The minimum Gasteiger partial charge on any atom is -0.481 e. The maximum Gasteiger partial charge on any atom is 0.322 e. The third kappa shape index (κ3) is 4.34. The molecule has 1 atom stereocenters. The number of aliphatic carboxylic acids is 2. The molecule has 10 heteroatoms. The van der Waals surface area contributed by atoms with Crippen molar-refractivity contribution in [1.82, 2.24) is 4.72 Å². The van der Waals surface area contributed by atoms with Gasteiger partial charge in [0.15, 0.2) is 0 Å². The molecule has 0 aromatic heterocycles. The Kier molecular flexibility index (Phi) is 5.35. The normalized spacial score (nSPS) is 12.9. The highest BCUT2D eigenvalue weighted by molar-refractivity contribution is 7.89. The van der Waals surface area contributed by atoms with Gasteiger partial charge in [-0.3, -0.25) is 9.59 Å². The standard InChI is InChI=1S/C10H9Cl2NO6S/c11-5-1-2-6(12)8(3-5)20(18,19)13-7(10(16)17)4-9(14)15/h1-3,7,13H,4H2,(H,14,15)(H,16,17)/t7-/m1/s1. The molecule has 7 nitrogen and oxygen atoms in total. The summed E-state index contributed by atoms with van der Waals surface area (Å²) in [6, 6.07) is 1.80. The Morgan fingerprint density at radius 1 is 1.25 bits per heavy atom. The summed E-state index contributed by atoms with van der Waals surface area (Å²) in [5.74, 6) is -3.08. The van der Waals surface area contributed by atoms with Crippen molar-refractivity contribution in [2.45, 2.75) is 17.4 Å². The first kappa shape index (κ1) is 16.7. The lowest BCUT2D eigenvalue weighted by molar-refractivity contribution is -0.145. The van der Waals surface area contributed by atoms with Gasteiger partial charge in [-0.25, -0.2) is 8.42 Å². The summed E-state index contributed by atoms with van der Waals surface area (Å²) in [7, 11) is -4.31. The molecule has 0 radical (unpaired) electrons. The van der Waals surface area contributed by atoms with Crippen LogP contribution in [0.1, 0.15) is 6.42 Å². The van der Waals surface area contributed by atoms with E-state index in [0.29, 0.717) is 0 Å². The lowest BCUT2D eigenvalue weighted by atomic mass is 10.2. The molecule has 110 valence electrons. The molecule has 0 aliphatic carbocycles. The molecule has 0 aliphatic rings. The molecule has 0 saturated heterocycles. The highest BCUT2D eigenvalue weighted by atomic mass is 35.5. The molecular formula is C10H9Cl2NO6S. The molecule has 0 fully saturated rings. The van der Waals surface area contributed by atoms with Crippen LogP contribution in [0.4, 0.5) is 0 Å². The van der Waals surface area contributed by atoms with E-state index in [0.717, 1.165) is 6.07 Å². The van der Waals surface area contributed by atoms with Gasteiger partial charge in [0.1, 0.15) is 10.9 Å². The highest BCUT2D eigenvalue weighted by Crippen LogP contribution is 2.25. The monoisotopic (exact) mass is 341 g/mol. The van der Waals surface area contributed by atoms with Crippen LogP contribution in [0.15, 0.2) is 23.1 Å². The lowest BCUT2D eigenvalue weighted by Gasteiger charge is -2.13. The number of hydrogen-bond donors (Lipinski definition) is 3. The Balaban J connectivity index is 3.12. The zero-order valence-electron chi connectivity index (χ0n) is 9.71. The summed E-state index contributed by atoms with van der Waals surface area (Å²) >= 11 is 11.4. The van der Waals surface area contributed by atoms with Crippen LogP contribution in [0, 0.1) is 0 Å². The van der Waals surface area contributed by atoms with Gasteiger partial charge < -0.3 is 10.2 Å². The summed E-state index contributed by atoms with van der Waals surface area (Å²) in [5, 5.41) is 17.3. The van der Waals surface area contributed by atoms with Crippen LogP contribution >= 0.6 is 23.2 Å². The van der Waals surface area contributed by atoms with E-state index in [9.17, 15) is 18.0 Å². The molecular weight excluding hydrogens is 333 g/mol. The predicted octanol–water partition coefficient (Wildman–Crippen LogP) is 1.20. The van der Waals surface area contributed by atoms with Crippen LogP contribution in [0.3, 0.4) is 0 Å². The van der Waals surface area contributed by atoms with Gasteiger partial charge in [0.25, 0.3) is 0 Å². The van der Waals surface area contributed by atoms with Gasteiger partial charge >= 0.3 is 11.9 Å². The molecule has 20 heavy (non-hydrogen) atoms. The molecule has 0 unspecified atom stereocenters. The van der Waals surface area contributed by atoms with E-state index in [1.54, 1.807) is 4.72 Å². The highest BCUT2D eigenvalue weighted by Gasteiger charge is 2.28. The van der Waals surface area contributed by atoms with Crippen molar-refractivity contribution in [3.8, 4) is 0 Å². The van der Waals surface area contributed by atoms with Gasteiger partial charge in [0.05, 0.1) is 11.4 Å². The number of carbonyl (C=O) groups is 2. The number of carboxylic acids is 2. The van der Waals surface area contributed by atoms with Crippen molar-refractivity contribution < 1.29 is 28.2 Å². The Labute approximate surface area is 124 Å². The van der Waals surface area contributed by atoms with Crippen LogP contribution in [0.25, 0.3) is 0 Å². The SMILES string of the molecule is O=C(O)C[C@@H](NS(=O)(=O)c1cc(Cl)ccc1Cl)C(=O)O. The second-order valence-electron chi connectivity index (χ2n) is 3.68. The minimum atomic E-state index is -4.31. The molecule has 1 rings (SSSR count). The summed E-state index contributed by atoms with van der Waals surface area (Å²) in [4.78, 5) is 20.9. The summed E-state index contributed by atoms with van der Waals surface area (Å²) in [6.45, 7) is 0. The molecule has 0 saturated carbocycles. The molecule has 0 heterocycles. The Bertz CT molecular complexity index is 645. The Morgan fingerprint density at radius 2 is 1.85 bits per heavy atom. The zero-order chi connectivity index (χ0) is 15.5. The number of benzene rings is 1. The number of nitrogens with one attached hydrogen (secondary N) is 1. The summed E-state index contributed by atoms with van der Waals surface area (Å²) in [6.07, 6.45) is -0.910. The minimum absolute atomic E-state index is 0.0832. The maximum atomic E-state index is 12.0. The van der Waals surface area contributed by atoms with Crippen molar-refractivity contribution in [1.29, 1.82) is 0 Å². The van der Waals surface area contributed by atoms with Crippen LogP contribution in [-0.2, 0) is 19.6 Å². The van der Waals surface area contributed by atoms with Crippen LogP contribution in [0.5, 0.6) is 0 Å². The third-order valence-corrected chi connectivity index (χ3v) is 4.35. The van der Waals surface area contributed by atoms with E-state index in [2.05, 4.69) is 0 Å². The topological polar surface area (TPSA) is 121 Å². The van der Waals surface area contributed by atoms with Crippen LogP contribution in [0.2, 0.25) is 10.0 Å². The first-order chi connectivity index (χ1) is 9.13. The number of sulfonamides is 1. The fraction of sp³-hybridized carbons (Fsp3) is 0.200. The zero-order valence-corrected chi connectivity index (χ0v) is 12.0. The van der Waals surface area contributed by atoms with Gasteiger partial charge in [0, 0.05) is 5.02 Å². The second-order valence-corrected chi connectivity index (χ2v) is 6.21. The number of carboxylic acid groups (broad SMARTS) is 2. The number of hydrogen-bond acceptors (Lipinski definition) is 4. The maximum absolute atomic E-state index is 12.0. The van der Waals surface area contributed by atoms with E-state index in [4.69, 9.17) is 33.4 Å². The van der Waals surface area contributed by atoms with Gasteiger partial charge in [-0.1, -0.05) is 23.2 Å². The van der Waals surface area contributed by atoms with E-state index < -0.39 is 39.3 Å². The fourth-order valence-electron chi connectivity index (χ4n) is 1.29. The lowest BCUT2D eigenvalue weighted by Crippen LogP contribution is -2.42. The average Bonchev–Trinajstić information content (AvgIpc) is 2.30. The van der Waals surface area contributed by atoms with Gasteiger partial charge in [0.2, 0.25) is 10.0 Å². The van der Waals surface area contributed by atoms with Gasteiger partial charge in [-0.15, -0.1) is 0 Å². The van der Waals surface area contributed by atoms with Crippen molar-refractivity contribution in [2.24, 2.45) is 0 Å². The Morgan fingerprint density at radius 3 is 2.35 bits per heavy atom. The van der Waals surface area contributed by atoms with Gasteiger partial charge in [-0.05, 0) is 18.2 Å². The van der Waals surface area contributed by atoms with Crippen LogP contribution < -0.4 is 4.72 Å². The van der Waals surface area contributed by atoms with Crippen molar-refractivity contribution in [3.05, 3.63) is 28.2 Å². The van der Waals surface area contributed by atoms with Crippen molar-refractivity contribution in [2.75, 3.05) is 0 Å². The van der Waals surface area contributed by atoms with E-state index in [1.165, 1.54) is 12.1 Å². The third-order valence-electron chi connectivity index (χ3n) is 2.16. The average molecular weight is 342 g/mol. The van der Waals surface area contributed by atoms with Crippen molar-refractivity contribution in [3.63, 3.8) is 0 Å². The van der Waals surface area contributed by atoms with Crippen molar-refractivity contribution >= 4 is 45.2 Å². The van der Waals surface area contributed by atoms with Crippen LogP contribution in [-0.4, -0.2) is 36.6 Å². The first-order valence-electron chi connectivity index (χ1n) is 5.05. The van der Waals surface area contributed by atoms with E-state index in [1.807, 2.05) is 0 Å². The van der Waals surface area contributed by atoms with E-state index >= 15 is 0 Å². The summed E-state index contributed by atoms with van der Waals surface area (Å²) < 4.78 is 25.7. The molecule has 0 amide bonds. The first-order valence-corrected chi connectivity index (χ1v) is 7.29. The second kappa shape index (κ2) is 6.40. The molecule has 1 aromatic carbocycles. The molecule has 1 aromatic rings. The molecule has 0 bridgehead atoms. The smallest absolute Gasteiger partial charge is 0.322 e. The fourth-order valence-corrected chi connectivity index (χ4v) is 3.24. The largest absolute Gasteiger partial charge is 0.481 e. The molecule has 0 spiro atoms.